The average Bonchev–Trinajstić information content (AvgIpc) is 3.23. The summed E-state index contributed by atoms with van der Waals surface area (Å²) in [7, 11) is 3.32. The van der Waals surface area contributed by atoms with Crippen molar-refractivity contribution >= 4 is 41.8 Å². The van der Waals surface area contributed by atoms with Crippen molar-refractivity contribution in [2.45, 2.75) is 25.8 Å². The minimum absolute atomic E-state index is 0. The minimum atomic E-state index is -0.0864. The van der Waals surface area contributed by atoms with Crippen LogP contribution in [0.4, 0.5) is 0 Å². The topological polar surface area (TPSA) is 89.5 Å². The van der Waals surface area contributed by atoms with Gasteiger partial charge < -0.3 is 25.2 Å². The number of methoxy groups -OCH3 is 1. The largest absolute Gasteiger partial charge is 0.383 e. The molecule has 0 radical (unpaired) electrons. The van der Waals surface area contributed by atoms with Gasteiger partial charge in [0.15, 0.2) is 5.96 Å². The Morgan fingerprint density at radius 1 is 1.04 bits per heavy atom. The van der Waals surface area contributed by atoms with E-state index in [0.29, 0.717) is 13.2 Å². The molecule has 2 amide bonds. The highest BCUT2D eigenvalue weighted by atomic mass is 127. The molecule has 0 aromatic heterocycles. The molecule has 2 fully saturated rings. The van der Waals surface area contributed by atoms with Crippen molar-refractivity contribution in [3.63, 3.8) is 0 Å². The lowest BCUT2D eigenvalue weighted by Gasteiger charge is -2.39. The molecule has 9 nitrogen and oxygen atoms in total. The van der Waals surface area contributed by atoms with Crippen LogP contribution in [0.15, 0.2) is 4.99 Å². The summed E-state index contributed by atoms with van der Waals surface area (Å²) in [6, 6.07) is -0.0770. The van der Waals surface area contributed by atoms with E-state index in [0.717, 1.165) is 58.1 Å². The van der Waals surface area contributed by atoms with Gasteiger partial charge in [0.2, 0.25) is 11.8 Å². The molecule has 0 aromatic rings. The molecule has 1 unspecified atom stereocenters. The summed E-state index contributed by atoms with van der Waals surface area (Å²) >= 11 is 0. The van der Waals surface area contributed by atoms with Crippen molar-refractivity contribution in [1.82, 2.24) is 25.3 Å². The summed E-state index contributed by atoms with van der Waals surface area (Å²) in [5, 5.41) is 5.88. The lowest BCUT2D eigenvalue weighted by molar-refractivity contribution is -0.135. The van der Waals surface area contributed by atoms with Crippen LogP contribution in [0.1, 0.15) is 19.8 Å². The van der Waals surface area contributed by atoms with E-state index in [2.05, 4.69) is 25.4 Å². The number of rotatable bonds is 7. The molecule has 2 rings (SSSR count). The number of aliphatic imine (C=N–C) groups is 1. The smallest absolute Gasteiger partial charge is 0.239 e. The summed E-state index contributed by atoms with van der Waals surface area (Å²) < 4.78 is 4.91. The van der Waals surface area contributed by atoms with Crippen LogP contribution < -0.4 is 10.6 Å². The van der Waals surface area contributed by atoms with Gasteiger partial charge >= 0.3 is 0 Å². The van der Waals surface area contributed by atoms with Gasteiger partial charge in [-0.15, -0.1) is 24.0 Å². The van der Waals surface area contributed by atoms with Gasteiger partial charge in [0, 0.05) is 60.0 Å². The number of amides is 2. The molecule has 162 valence electrons. The van der Waals surface area contributed by atoms with Crippen LogP contribution in [0.2, 0.25) is 0 Å². The van der Waals surface area contributed by atoms with Crippen molar-refractivity contribution < 1.29 is 14.3 Å². The van der Waals surface area contributed by atoms with Gasteiger partial charge in [-0.25, -0.2) is 0 Å². The molecule has 1 atom stereocenters. The van der Waals surface area contributed by atoms with Gasteiger partial charge in [0.05, 0.1) is 19.2 Å². The first kappa shape index (κ1) is 24.9. The number of carbonyl (C=O) groups is 2. The highest BCUT2D eigenvalue weighted by Gasteiger charge is 2.30. The third-order valence-electron chi connectivity index (χ3n) is 5.18. The van der Waals surface area contributed by atoms with E-state index >= 15 is 0 Å². The Morgan fingerprint density at radius 2 is 1.68 bits per heavy atom. The molecule has 0 bridgehead atoms. The molecular weight excluding hydrogens is 475 g/mol. The van der Waals surface area contributed by atoms with Crippen LogP contribution in [0.5, 0.6) is 0 Å². The first-order valence-electron chi connectivity index (χ1n) is 9.81. The molecule has 2 saturated heterocycles. The number of likely N-dealkylation sites (tertiary alicyclic amines) is 1. The molecule has 2 N–H and O–H groups in total. The molecule has 0 saturated carbocycles. The van der Waals surface area contributed by atoms with Gasteiger partial charge in [-0.3, -0.25) is 19.5 Å². The molecule has 28 heavy (non-hydrogen) atoms. The van der Waals surface area contributed by atoms with E-state index < -0.39 is 0 Å². The fourth-order valence-electron chi connectivity index (χ4n) is 3.53. The summed E-state index contributed by atoms with van der Waals surface area (Å²) in [6.07, 6.45) is 2.24. The first-order chi connectivity index (χ1) is 13.1. The maximum atomic E-state index is 12.6. The molecule has 2 heterocycles. The molecule has 0 aliphatic carbocycles. The van der Waals surface area contributed by atoms with Crippen LogP contribution in [0, 0.1) is 0 Å². The first-order valence-corrected chi connectivity index (χ1v) is 9.81. The molecule has 0 aromatic carbocycles. The van der Waals surface area contributed by atoms with Gasteiger partial charge in [-0.2, -0.15) is 0 Å². The highest BCUT2D eigenvalue weighted by molar-refractivity contribution is 14.0. The number of nitrogens with zero attached hydrogens (tertiary/aromatic N) is 4. The summed E-state index contributed by atoms with van der Waals surface area (Å²) in [6.45, 7) is 8.15. The van der Waals surface area contributed by atoms with Crippen molar-refractivity contribution in [3.8, 4) is 0 Å². The summed E-state index contributed by atoms with van der Waals surface area (Å²) in [5.74, 6) is 0.878. The fourth-order valence-corrected chi connectivity index (χ4v) is 3.53. The fraction of sp³-hybridized carbons (Fsp3) is 0.833. The highest BCUT2D eigenvalue weighted by Crippen LogP contribution is 2.14. The van der Waals surface area contributed by atoms with Crippen LogP contribution in [0.25, 0.3) is 0 Å². The number of hydrogen-bond donors (Lipinski definition) is 2. The monoisotopic (exact) mass is 510 g/mol. The number of piperazine rings is 1. The van der Waals surface area contributed by atoms with Crippen LogP contribution in [0.3, 0.4) is 0 Å². The van der Waals surface area contributed by atoms with Crippen molar-refractivity contribution in [1.29, 1.82) is 0 Å². The lowest BCUT2D eigenvalue weighted by atomic mass is 10.2. The van der Waals surface area contributed by atoms with E-state index in [-0.39, 0.29) is 48.4 Å². The zero-order valence-electron chi connectivity index (χ0n) is 17.3. The van der Waals surface area contributed by atoms with E-state index in [1.54, 1.807) is 14.2 Å². The Bertz CT molecular complexity index is 519. The van der Waals surface area contributed by atoms with Crippen molar-refractivity contribution in [2.24, 2.45) is 4.99 Å². The van der Waals surface area contributed by atoms with Gasteiger partial charge in [-0.1, -0.05) is 0 Å². The Morgan fingerprint density at radius 3 is 2.25 bits per heavy atom. The second kappa shape index (κ2) is 13.2. The summed E-state index contributed by atoms with van der Waals surface area (Å²) in [4.78, 5) is 35.0. The molecular formula is C18H35IN6O3. The van der Waals surface area contributed by atoms with E-state index in [1.807, 2.05) is 11.8 Å². The normalized spacial score (nSPS) is 19.2. The minimum Gasteiger partial charge on any atom is -0.383 e. The second-order valence-electron chi connectivity index (χ2n) is 6.97. The molecule has 2 aliphatic rings. The van der Waals surface area contributed by atoms with Crippen molar-refractivity contribution in [2.75, 3.05) is 73.1 Å². The Kier molecular flexibility index (Phi) is 11.7. The average molecular weight is 510 g/mol. The predicted octanol–water partition coefficient (Wildman–Crippen LogP) is -0.429. The van der Waals surface area contributed by atoms with Gasteiger partial charge in [-0.05, 0) is 19.8 Å². The Balaban J connectivity index is 0.00000392. The van der Waals surface area contributed by atoms with Gasteiger partial charge in [0.1, 0.15) is 0 Å². The van der Waals surface area contributed by atoms with Crippen LogP contribution in [-0.4, -0.2) is 112 Å². The lowest BCUT2D eigenvalue weighted by Crippen LogP contribution is -2.57. The van der Waals surface area contributed by atoms with Crippen LogP contribution >= 0.6 is 24.0 Å². The standard InChI is InChI=1S/C18H34N6O3.HI/c1-15(17(26)23-7-4-5-8-23)22-9-11-24(12-10-22)18(19-2)21-14-16(25)20-6-13-27-3;/h15H,4-14H2,1-3H3,(H,19,21)(H,20,25);1H. The van der Waals surface area contributed by atoms with E-state index in [9.17, 15) is 9.59 Å². The number of hydrogen-bond acceptors (Lipinski definition) is 5. The molecule has 0 spiro atoms. The van der Waals surface area contributed by atoms with E-state index in [4.69, 9.17) is 4.74 Å². The maximum absolute atomic E-state index is 12.6. The number of halogens is 1. The third-order valence-corrected chi connectivity index (χ3v) is 5.18. The number of guanidine groups is 1. The third kappa shape index (κ3) is 7.36. The number of carbonyl (C=O) groups excluding carboxylic acids is 2. The number of ether oxygens (including phenoxy) is 1. The molecule has 2 aliphatic heterocycles. The molecule has 10 heteroatoms. The second-order valence-corrected chi connectivity index (χ2v) is 6.97. The quantitative estimate of drug-likeness (QED) is 0.209. The summed E-state index contributed by atoms with van der Waals surface area (Å²) in [5.41, 5.74) is 0. The van der Waals surface area contributed by atoms with Crippen LogP contribution in [-0.2, 0) is 14.3 Å². The SMILES string of the molecule is CN=C(NCC(=O)NCCOC)N1CCN(C(C)C(=O)N2CCCC2)CC1.I. The van der Waals surface area contributed by atoms with Crippen molar-refractivity contribution in [3.05, 3.63) is 0 Å². The zero-order valence-corrected chi connectivity index (χ0v) is 19.6. The predicted molar refractivity (Wildman–Crippen MR) is 120 cm³/mol. The maximum Gasteiger partial charge on any atom is 0.239 e. The Labute approximate surface area is 185 Å². The van der Waals surface area contributed by atoms with Gasteiger partial charge in [0.25, 0.3) is 0 Å². The van der Waals surface area contributed by atoms with E-state index in [1.165, 1.54) is 0 Å². The Hall–Kier alpha value is -1.14. The number of nitrogens with one attached hydrogen (secondary N) is 2. The zero-order chi connectivity index (χ0) is 19.6.